The first-order chi connectivity index (χ1) is 10.1. The second kappa shape index (κ2) is 5.98. The lowest BCUT2D eigenvalue weighted by atomic mass is 9.77. The zero-order valence-corrected chi connectivity index (χ0v) is 11.9. The number of rotatable bonds is 3. The number of esters is 2. The third-order valence-electron chi connectivity index (χ3n) is 3.64. The van der Waals surface area contributed by atoms with Gasteiger partial charge in [-0.3, -0.25) is 9.59 Å². The van der Waals surface area contributed by atoms with Crippen LogP contribution in [0, 0.1) is 17.8 Å². The molecule has 0 saturated carbocycles. The van der Waals surface area contributed by atoms with Gasteiger partial charge in [0.25, 0.3) is 0 Å². The molecule has 2 atom stereocenters. The molecule has 5 heteroatoms. The Morgan fingerprint density at radius 3 is 2.29 bits per heavy atom. The zero-order chi connectivity index (χ0) is 15.5. The Bertz CT molecular complexity index is 556. The lowest BCUT2D eigenvalue weighted by Gasteiger charge is -2.28. The number of carbonyl (C=O) groups excluding carboxylic acids is 2. The summed E-state index contributed by atoms with van der Waals surface area (Å²) in [6, 6.07) is 8.95. The quantitative estimate of drug-likeness (QED) is 0.479. The van der Waals surface area contributed by atoms with Crippen molar-refractivity contribution in [2.45, 2.75) is 18.6 Å². The maximum Gasteiger partial charge on any atom is 0.326 e. The SMILES string of the molecule is C#CC1CC(C(=O)OC)(C(=O)OC)C(c2ccccc2)O1. The van der Waals surface area contributed by atoms with Crippen LogP contribution < -0.4 is 0 Å². The number of benzene rings is 1. The fraction of sp³-hybridized carbons (Fsp3) is 0.375. The number of ether oxygens (including phenoxy) is 3. The summed E-state index contributed by atoms with van der Waals surface area (Å²) >= 11 is 0. The predicted octanol–water partition coefficient (Wildman–Crippen LogP) is 1.48. The van der Waals surface area contributed by atoms with Crippen LogP contribution in [0.15, 0.2) is 30.3 Å². The van der Waals surface area contributed by atoms with Crippen molar-refractivity contribution in [2.75, 3.05) is 14.2 Å². The molecule has 1 fully saturated rings. The Labute approximate surface area is 123 Å². The normalized spacial score (nSPS) is 23.1. The Morgan fingerprint density at radius 1 is 1.24 bits per heavy atom. The van der Waals surface area contributed by atoms with E-state index in [1.807, 2.05) is 6.07 Å². The number of hydrogen-bond donors (Lipinski definition) is 0. The largest absolute Gasteiger partial charge is 0.468 e. The second-order valence-electron chi connectivity index (χ2n) is 4.74. The highest BCUT2D eigenvalue weighted by atomic mass is 16.6. The number of hydrogen-bond acceptors (Lipinski definition) is 5. The molecule has 21 heavy (non-hydrogen) atoms. The molecule has 2 rings (SSSR count). The first-order valence-corrected chi connectivity index (χ1v) is 6.43. The Kier molecular flexibility index (Phi) is 4.29. The van der Waals surface area contributed by atoms with E-state index in [0.29, 0.717) is 5.56 Å². The summed E-state index contributed by atoms with van der Waals surface area (Å²) in [6.45, 7) is 0. The first kappa shape index (κ1) is 15.1. The van der Waals surface area contributed by atoms with Crippen molar-refractivity contribution in [1.82, 2.24) is 0 Å². The van der Waals surface area contributed by atoms with E-state index >= 15 is 0 Å². The molecular weight excluding hydrogens is 272 g/mol. The third-order valence-corrected chi connectivity index (χ3v) is 3.64. The van der Waals surface area contributed by atoms with Gasteiger partial charge in [0.2, 0.25) is 0 Å². The van der Waals surface area contributed by atoms with Gasteiger partial charge in [-0.05, 0) is 5.56 Å². The molecule has 0 amide bonds. The van der Waals surface area contributed by atoms with Crippen LogP contribution >= 0.6 is 0 Å². The minimum Gasteiger partial charge on any atom is -0.468 e. The molecule has 110 valence electrons. The molecule has 5 nitrogen and oxygen atoms in total. The monoisotopic (exact) mass is 288 g/mol. The molecule has 1 aromatic rings. The number of methoxy groups -OCH3 is 2. The van der Waals surface area contributed by atoms with E-state index in [1.54, 1.807) is 24.3 Å². The standard InChI is InChI=1S/C16H16O5/c1-4-12-10-16(14(17)19-2,15(18)20-3)13(21-12)11-8-6-5-7-9-11/h1,5-9,12-13H,10H2,2-3H3. The predicted molar refractivity (Wildman–Crippen MR) is 74.0 cm³/mol. The fourth-order valence-corrected chi connectivity index (χ4v) is 2.65. The fourth-order valence-electron chi connectivity index (χ4n) is 2.65. The summed E-state index contributed by atoms with van der Waals surface area (Å²) in [7, 11) is 2.44. The lowest BCUT2D eigenvalue weighted by Crippen LogP contribution is -2.43. The minimum absolute atomic E-state index is 0.0302. The molecule has 2 unspecified atom stereocenters. The van der Waals surface area contributed by atoms with Crippen LogP contribution in [-0.2, 0) is 23.8 Å². The van der Waals surface area contributed by atoms with Crippen LogP contribution in [-0.4, -0.2) is 32.3 Å². The molecule has 0 radical (unpaired) electrons. The van der Waals surface area contributed by atoms with E-state index in [9.17, 15) is 9.59 Å². The van der Waals surface area contributed by atoms with Gasteiger partial charge >= 0.3 is 11.9 Å². The third kappa shape index (κ3) is 2.39. The van der Waals surface area contributed by atoms with Gasteiger partial charge in [-0.2, -0.15) is 0 Å². The van der Waals surface area contributed by atoms with Gasteiger partial charge in [0.15, 0.2) is 5.41 Å². The van der Waals surface area contributed by atoms with Crippen molar-refractivity contribution < 1.29 is 23.8 Å². The van der Waals surface area contributed by atoms with E-state index in [4.69, 9.17) is 20.6 Å². The number of carbonyl (C=O) groups is 2. The van der Waals surface area contributed by atoms with Crippen molar-refractivity contribution in [2.24, 2.45) is 5.41 Å². The van der Waals surface area contributed by atoms with E-state index in [1.165, 1.54) is 14.2 Å². The van der Waals surface area contributed by atoms with Gasteiger partial charge < -0.3 is 14.2 Å². The molecule has 0 spiro atoms. The van der Waals surface area contributed by atoms with Crippen molar-refractivity contribution in [1.29, 1.82) is 0 Å². The van der Waals surface area contributed by atoms with Crippen LogP contribution in [0.3, 0.4) is 0 Å². The summed E-state index contributed by atoms with van der Waals surface area (Å²) in [6.07, 6.45) is 3.94. The van der Waals surface area contributed by atoms with Gasteiger partial charge in [-0.15, -0.1) is 6.42 Å². The van der Waals surface area contributed by atoms with Crippen molar-refractivity contribution in [3.8, 4) is 12.3 Å². The lowest BCUT2D eigenvalue weighted by molar-refractivity contribution is -0.173. The van der Waals surface area contributed by atoms with E-state index in [-0.39, 0.29) is 6.42 Å². The minimum atomic E-state index is -1.58. The Morgan fingerprint density at radius 2 is 1.81 bits per heavy atom. The average Bonchev–Trinajstić information content (AvgIpc) is 2.95. The van der Waals surface area contributed by atoms with Crippen LogP contribution in [0.5, 0.6) is 0 Å². The van der Waals surface area contributed by atoms with Gasteiger partial charge in [0.05, 0.1) is 14.2 Å². The summed E-state index contributed by atoms with van der Waals surface area (Å²) in [5.74, 6) is 1.02. The summed E-state index contributed by atoms with van der Waals surface area (Å²) in [5.41, 5.74) is -0.909. The van der Waals surface area contributed by atoms with Gasteiger partial charge in [0.1, 0.15) is 12.2 Å². The molecule has 1 aliphatic rings. The van der Waals surface area contributed by atoms with Crippen LogP contribution in [0.2, 0.25) is 0 Å². The second-order valence-corrected chi connectivity index (χ2v) is 4.74. The van der Waals surface area contributed by atoms with Gasteiger partial charge in [-0.25, -0.2) is 0 Å². The molecule has 1 saturated heterocycles. The molecule has 0 aromatic heterocycles. The number of terminal acetylenes is 1. The maximum absolute atomic E-state index is 12.3. The molecule has 0 bridgehead atoms. The molecule has 1 aliphatic heterocycles. The van der Waals surface area contributed by atoms with Crippen LogP contribution in [0.1, 0.15) is 18.1 Å². The average molecular weight is 288 g/mol. The topological polar surface area (TPSA) is 61.8 Å². The highest BCUT2D eigenvalue weighted by Crippen LogP contribution is 2.49. The van der Waals surface area contributed by atoms with Crippen LogP contribution in [0.4, 0.5) is 0 Å². The molecular formula is C16H16O5. The summed E-state index contributed by atoms with van der Waals surface area (Å²) < 4.78 is 15.4. The zero-order valence-electron chi connectivity index (χ0n) is 11.9. The Hall–Kier alpha value is -2.32. The molecule has 1 heterocycles. The van der Waals surface area contributed by atoms with Crippen molar-refractivity contribution in [3.05, 3.63) is 35.9 Å². The van der Waals surface area contributed by atoms with E-state index in [2.05, 4.69) is 5.92 Å². The highest BCUT2D eigenvalue weighted by Gasteiger charge is 2.61. The molecule has 1 aromatic carbocycles. The maximum atomic E-state index is 12.3. The highest BCUT2D eigenvalue weighted by molar-refractivity contribution is 6.01. The van der Waals surface area contributed by atoms with Gasteiger partial charge in [0, 0.05) is 6.42 Å². The summed E-state index contributed by atoms with van der Waals surface area (Å²) in [4.78, 5) is 24.6. The van der Waals surface area contributed by atoms with Gasteiger partial charge in [-0.1, -0.05) is 36.3 Å². The smallest absolute Gasteiger partial charge is 0.326 e. The van der Waals surface area contributed by atoms with Crippen molar-refractivity contribution in [3.63, 3.8) is 0 Å². The van der Waals surface area contributed by atoms with Crippen LogP contribution in [0.25, 0.3) is 0 Å². The Balaban J connectivity index is 2.55. The molecule has 0 N–H and O–H groups in total. The molecule has 0 aliphatic carbocycles. The van der Waals surface area contributed by atoms with E-state index in [0.717, 1.165) is 0 Å². The van der Waals surface area contributed by atoms with E-state index < -0.39 is 29.6 Å². The van der Waals surface area contributed by atoms with Crippen molar-refractivity contribution >= 4 is 11.9 Å². The first-order valence-electron chi connectivity index (χ1n) is 6.43. The summed E-state index contributed by atoms with van der Waals surface area (Å²) in [5, 5.41) is 0.